The van der Waals surface area contributed by atoms with Gasteiger partial charge in [0, 0.05) is 44.0 Å². The average Bonchev–Trinajstić information content (AvgIpc) is 2.92. The van der Waals surface area contributed by atoms with Gasteiger partial charge in [0.25, 0.3) is 0 Å². The van der Waals surface area contributed by atoms with Crippen molar-refractivity contribution in [3.8, 4) is 0 Å². The van der Waals surface area contributed by atoms with Gasteiger partial charge in [0.2, 0.25) is 11.9 Å². The molecule has 0 bridgehead atoms. The molecular formula is C21H25FN4O2. The van der Waals surface area contributed by atoms with Crippen LogP contribution in [0, 0.1) is 11.2 Å². The van der Waals surface area contributed by atoms with Crippen molar-refractivity contribution >= 4 is 11.9 Å². The largest absolute Gasteiger partial charge is 0.379 e. The van der Waals surface area contributed by atoms with Crippen LogP contribution in [0.25, 0.3) is 0 Å². The number of hydrogen-bond acceptors (Lipinski definition) is 5. The van der Waals surface area contributed by atoms with E-state index in [1.807, 2.05) is 11.0 Å². The van der Waals surface area contributed by atoms with Crippen LogP contribution in [0.2, 0.25) is 0 Å². The fourth-order valence-corrected chi connectivity index (χ4v) is 4.08. The number of anilines is 1. The Morgan fingerprint density at radius 2 is 1.93 bits per heavy atom. The van der Waals surface area contributed by atoms with E-state index in [9.17, 15) is 9.18 Å². The maximum Gasteiger partial charge on any atom is 0.226 e. The van der Waals surface area contributed by atoms with Gasteiger partial charge < -0.3 is 14.5 Å². The topological polar surface area (TPSA) is 58.6 Å². The van der Waals surface area contributed by atoms with E-state index >= 15 is 0 Å². The fourth-order valence-electron chi connectivity index (χ4n) is 4.08. The Hall–Kier alpha value is -2.54. The molecule has 4 rings (SSSR count). The minimum Gasteiger partial charge on any atom is -0.379 e. The number of rotatable bonds is 3. The van der Waals surface area contributed by atoms with E-state index in [0.717, 1.165) is 37.4 Å². The molecule has 0 N–H and O–H groups in total. The molecule has 1 aromatic heterocycles. The van der Waals surface area contributed by atoms with Gasteiger partial charge in [-0.15, -0.1) is 0 Å². The first-order chi connectivity index (χ1) is 13.6. The van der Waals surface area contributed by atoms with Crippen LogP contribution in [0.3, 0.4) is 0 Å². The number of amides is 1. The smallest absolute Gasteiger partial charge is 0.226 e. The van der Waals surface area contributed by atoms with Gasteiger partial charge in [-0.1, -0.05) is 12.1 Å². The van der Waals surface area contributed by atoms with E-state index in [4.69, 9.17) is 4.74 Å². The van der Waals surface area contributed by atoms with Crippen LogP contribution in [0.1, 0.15) is 18.4 Å². The third-order valence-electron chi connectivity index (χ3n) is 5.70. The standard InChI is InChI=1S/C21H25FN4O2/c22-18-4-1-3-17(13-18)14-19(27)25-9-5-21(6-10-25)15-26(11-12-28-16-21)20-23-7-2-8-24-20/h1-4,7-8,13H,5-6,9-12,14-16H2. The lowest BCUT2D eigenvalue weighted by atomic mass is 9.78. The van der Waals surface area contributed by atoms with Crippen molar-refractivity contribution in [2.24, 2.45) is 5.41 Å². The number of carbonyl (C=O) groups excluding carboxylic acids is 1. The number of carbonyl (C=O) groups is 1. The van der Waals surface area contributed by atoms with E-state index < -0.39 is 0 Å². The minimum absolute atomic E-state index is 0.00529. The van der Waals surface area contributed by atoms with Crippen LogP contribution >= 0.6 is 0 Å². The van der Waals surface area contributed by atoms with Gasteiger partial charge in [-0.25, -0.2) is 14.4 Å². The predicted octanol–water partition coefficient (Wildman–Crippen LogP) is 2.30. The first-order valence-electron chi connectivity index (χ1n) is 9.76. The van der Waals surface area contributed by atoms with Crippen LogP contribution in [0.5, 0.6) is 0 Å². The quantitative estimate of drug-likeness (QED) is 0.813. The number of ether oxygens (including phenoxy) is 1. The van der Waals surface area contributed by atoms with Crippen LogP contribution in [0.4, 0.5) is 10.3 Å². The summed E-state index contributed by atoms with van der Waals surface area (Å²) < 4.78 is 19.3. The van der Waals surface area contributed by atoms with Crippen molar-refractivity contribution in [1.29, 1.82) is 0 Å². The van der Waals surface area contributed by atoms with Crippen molar-refractivity contribution in [2.45, 2.75) is 19.3 Å². The zero-order chi connectivity index (χ0) is 19.4. The number of likely N-dealkylation sites (tertiary alicyclic amines) is 1. The van der Waals surface area contributed by atoms with Crippen molar-refractivity contribution in [3.63, 3.8) is 0 Å². The highest BCUT2D eigenvalue weighted by Gasteiger charge is 2.39. The SMILES string of the molecule is O=C(Cc1cccc(F)c1)N1CCC2(CC1)COCCN(c1ncccn1)C2. The number of aromatic nitrogens is 2. The molecule has 2 fully saturated rings. The highest BCUT2D eigenvalue weighted by molar-refractivity contribution is 5.78. The van der Waals surface area contributed by atoms with Crippen LogP contribution in [0.15, 0.2) is 42.7 Å². The summed E-state index contributed by atoms with van der Waals surface area (Å²) >= 11 is 0. The molecule has 1 spiro atoms. The molecule has 0 saturated carbocycles. The van der Waals surface area contributed by atoms with Crippen LogP contribution in [-0.4, -0.2) is 60.2 Å². The number of benzene rings is 1. The number of nitrogens with zero attached hydrogens (tertiary/aromatic N) is 4. The predicted molar refractivity (Wildman–Crippen MR) is 103 cm³/mol. The Kier molecular flexibility index (Phi) is 5.52. The average molecular weight is 384 g/mol. The van der Waals surface area contributed by atoms with Gasteiger partial charge in [0.05, 0.1) is 19.6 Å². The zero-order valence-electron chi connectivity index (χ0n) is 15.9. The molecule has 2 aliphatic heterocycles. The second kappa shape index (κ2) is 8.22. The lowest BCUT2D eigenvalue weighted by Crippen LogP contribution is -2.49. The van der Waals surface area contributed by atoms with Crippen molar-refractivity contribution in [3.05, 3.63) is 54.1 Å². The summed E-state index contributed by atoms with van der Waals surface area (Å²) in [7, 11) is 0. The van der Waals surface area contributed by atoms with Crippen molar-refractivity contribution in [1.82, 2.24) is 14.9 Å². The first-order valence-corrected chi connectivity index (χ1v) is 9.76. The second-order valence-corrected chi connectivity index (χ2v) is 7.71. The van der Waals surface area contributed by atoms with E-state index in [-0.39, 0.29) is 23.6 Å². The molecule has 6 nitrogen and oxygen atoms in total. The molecule has 0 atom stereocenters. The van der Waals surface area contributed by atoms with Crippen LogP contribution in [-0.2, 0) is 16.0 Å². The van der Waals surface area contributed by atoms with Gasteiger partial charge >= 0.3 is 0 Å². The van der Waals surface area contributed by atoms with Gasteiger partial charge in [-0.05, 0) is 36.6 Å². The zero-order valence-corrected chi connectivity index (χ0v) is 15.9. The Labute approximate surface area is 164 Å². The summed E-state index contributed by atoms with van der Waals surface area (Å²) in [5.74, 6) is 0.483. The molecule has 3 heterocycles. The molecule has 148 valence electrons. The van der Waals surface area contributed by atoms with Gasteiger partial charge in [-0.2, -0.15) is 0 Å². The molecule has 2 aromatic rings. The molecule has 0 aliphatic carbocycles. The Balaban J connectivity index is 1.38. The van der Waals surface area contributed by atoms with E-state index in [0.29, 0.717) is 26.3 Å². The van der Waals surface area contributed by atoms with E-state index in [1.54, 1.807) is 24.5 Å². The van der Waals surface area contributed by atoms with Crippen LogP contribution < -0.4 is 4.90 Å². The van der Waals surface area contributed by atoms with Crippen molar-refractivity contribution in [2.75, 3.05) is 44.3 Å². The fraction of sp³-hybridized carbons (Fsp3) is 0.476. The summed E-state index contributed by atoms with van der Waals surface area (Å²) in [4.78, 5) is 25.5. The molecule has 2 aliphatic rings. The number of piperidine rings is 1. The third kappa shape index (κ3) is 4.30. The summed E-state index contributed by atoms with van der Waals surface area (Å²) in [6.07, 6.45) is 5.52. The van der Waals surface area contributed by atoms with E-state index in [2.05, 4.69) is 14.9 Å². The summed E-state index contributed by atoms with van der Waals surface area (Å²) in [6, 6.07) is 8.08. The van der Waals surface area contributed by atoms with Crippen molar-refractivity contribution < 1.29 is 13.9 Å². The summed E-state index contributed by atoms with van der Waals surface area (Å²) in [5.41, 5.74) is 0.723. The monoisotopic (exact) mass is 384 g/mol. The molecular weight excluding hydrogens is 359 g/mol. The Bertz CT molecular complexity index is 809. The molecule has 7 heteroatoms. The van der Waals surface area contributed by atoms with Gasteiger partial charge in [0.1, 0.15) is 5.82 Å². The molecule has 2 saturated heterocycles. The van der Waals surface area contributed by atoms with Gasteiger partial charge in [0.15, 0.2) is 0 Å². The number of halogens is 1. The highest BCUT2D eigenvalue weighted by atomic mass is 19.1. The number of hydrogen-bond donors (Lipinski definition) is 0. The summed E-state index contributed by atoms with van der Waals surface area (Å²) in [5, 5.41) is 0. The highest BCUT2D eigenvalue weighted by Crippen LogP contribution is 2.35. The maximum atomic E-state index is 13.4. The minimum atomic E-state index is -0.304. The third-order valence-corrected chi connectivity index (χ3v) is 5.70. The molecule has 1 aromatic carbocycles. The lowest BCUT2D eigenvalue weighted by Gasteiger charge is -2.42. The van der Waals surface area contributed by atoms with Gasteiger partial charge in [-0.3, -0.25) is 4.79 Å². The lowest BCUT2D eigenvalue weighted by molar-refractivity contribution is -0.133. The molecule has 28 heavy (non-hydrogen) atoms. The summed E-state index contributed by atoms with van der Waals surface area (Å²) in [6.45, 7) is 4.35. The first kappa shape index (κ1) is 18.8. The normalized spacial score (nSPS) is 19.5. The maximum absolute atomic E-state index is 13.4. The molecule has 0 unspecified atom stereocenters. The Morgan fingerprint density at radius 3 is 2.68 bits per heavy atom. The second-order valence-electron chi connectivity index (χ2n) is 7.71. The molecule has 0 radical (unpaired) electrons. The molecule has 1 amide bonds. The Morgan fingerprint density at radius 1 is 1.14 bits per heavy atom. The van der Waals surface area contributed by atoms with E-state index in [1.165, 1.54) is 12.1 Å².